The van der Waals surface area contributed by atoms with E-state index in [2.05, 4.69) is 5.32 Å². The van der Waals surface area contributed by atoms with Crippen LogP contribution in [0.25, 0.3) is 0 Å². The van der Waals surface area contributed by atoms with Crippen molar-refractivity contribution in [2.45, 2.75) is 51.0 Å². The molecule has 1 amide bonds. The lowest BCUT2D eigenvalue weighted by Crippen LogP contribution is -2.56. The molecule has 100 valence electrons. The van der Waals surface area contributed by atoms with Gasteiger partial charge in [-0.2, -0.15) is 0 Å². The molecule has 0 unspecified atom stereocenters. The number of methoxy groups -OCH3 is 1. The fraction of sp³-hybridized carbons (Fsp3) is 0.692. The Balaban J connectivity index is 2.75. The number of esters is 1. The number of carbonyl (C=O) groups is 2. The van der Waals surface area contributed by atoms with Gasteiger partial charge in [0.25, 0.3) is 0 Å². The monoisotopic (exact) mass is 253 g/mol. The Bertz CT molecular complexity index is 376. The second-order valence-electron chi connectivity index (χ2n) is 4.74. The number of ether oxygens (including phenoxy) is 1. The Morgan fingerprint density at radius 2 is 1.89 bits per heavy atom. The number of amides is 1. The van der Waals surface area contributed by atoms with Crippen molar-refractivity contribution >= 4 is 17.8 Å². The van der Waals surface area contributed by atoms with E-state index < -0.39 is 11.5 Å². The predicted octanol–water partition coefficient (Wildman–Crippen LogP) is 1.15. The lowest BCUT2D eigenvalue weighted by atomic mass is 9.81. The van der Waals surface area contributed by atoms with Crippen molar-refractivity contribution < 1.29 is 19.1 Å². The van der Waals surface area contributed by atoms with E-state index in [-0.39, 0.29) is 12.3 Å². The van der Waals surface area contributed by atoms with Crippen molar-refractivity contribution in [2.75, 3.05) is 7.11 Å². The number of hydrogen-bond acceptors (Lipinski definition) is 4. The molecule has 1 aliphatic carbocycles. The fourth-order valence-corrected chi connectivity index (χ4v) is 2.32. The van der Waals surface area contributed by atoms with E-state index in [0.717, 1.165) is 19.3 Å². The summed E-state index contributed by atoms with van der Waals surface area (Å²) in [6.45, 7) is 1.54. The molecule has 1 aliphatic rings. The van der Waals surface area contributed by atoms with Crippen molar-refractivity contribution in [3.05, 3.63) is 5.57 Å². The number of hydrogen-bond donors (Lipinski definition) is 1. The van der Waals surface area contributed by atoms with Gasteiger partial charge in [-0.3, -0.25) is 4.79 Å². The van der Waals surface area contributed by atoms with Gasteiger partial charge in [-0.15, -0.1) is 0 Å². The molecule has 5 heteroatoms. The third-order valence-electron chi connectivity index (χ3n) is 3.26. The average Bonchev–Trinajstić information content (AvgIpc) is 2.38. The molecule has 0 aromatic rings. The highest BCUT2D eigenvalue weighted by molar-refractivity contribution is 5.89. The van der Waals surface area contributed by atoms with Crippen LogP contribution in [0.5, 0.6) is 0 Å². The van der Waals surface area contributed by atoms with Crippen LogP contribution in [0.4, 0.5) is 0 Å². The van der Waals surface area contributed by atoms with E-state index in [1.54, 1.807) is 5.94 Å². The summed E-state index contributed by atoms with van der Waals surface area (Å²) < 4.78 is 4.79. The maximum atomic E-state index is 11.9. The summed E-state index contributed by atoms with van der Waals surface area (Å²) in [5.41, 5.74) is -0.587. The summed E-state index contributed by atoms with van der Waals surface area (Å²) in [4.78, 5) is 34.0. The second-order valence-corrected chi connectivity index (χ2v) is 4.74. The molecule has 5 nitrogen and oxygen atoms in total. The van der Waals surface area contributed by atoms with E-state index in [0.29, 0.717) is 18.4 Å². The standard InChI is InChI=1S/C13H19NO4/c1-10(9-15)8-11(16)14-13(12(17)18-2)6-4-3-5-7-13/h3-8H2,1-2H3,(H,14,16). The van der Waals surface area contributed by atoms with Gasteiger partial charge in [0, 0.05) is 5.57 Å². The quantitative estimate of drug-likeness (QED) is 0.602. The van der Waals surface area contributed by atoms with E-state index in [1.165, 1.54) is 14.0 Å². The van der Waals surface area contributed by atoms with Crippen LogP contribution in [-0.2, 0) is 19.1 Å². The fourth-order valence-electron chi connectivity index (χ4n) is 2.32. The van der Waals surface area contributed by atoms with E-state index in [1.807, 2.05) is 0 Å². The lowest BCUT2D eigenvalue weighted by molar-refractivity contribution is -0.152. The molecule has 0 atom stereocenters. The minimum absolute atomic E-state index is 0.0256. The molecule has 0 radical (unpaired) electrons. The first-order valence-electron chi connectivity index (χ1n) is 6.14. The molecule has 1 rings (SSSR count). The minimum atomic E-state index is -0.909. The zero-order valence-corrected chi connectivity index (χ0v) is 10.9. The smallest absolute Gasteiger partial charge is 0.331 e. The first kappa shape index (κ1) is 14.5. The van der Waals surface area contributed by atoms with Crippen molar-refractivity contribution in [1.82, 2.24) is 5.32 Å². The molecule has 1 saturated carbocycles. The average molecular weight is 253 g/mol. The number of carbonyl (C=O) groups excluding carboxylic acids is 3. The Kier molecular flexibility index (Phi) is 5.10. The summed E-state index contributed by atoms with van der Waals surface area (Å²) in [6.07, 6.45) is 3.99. The third kappa shape index (κ3) is 3.44. The third-order valence-corrected chi connectivity index (χ3v) is 3.26. The molecule has 0 aromatic carbocycles. The van der Waals surface area contributed by atoms with E-state index >= 15 is 0 Å². The maximum absolute atomic E-state index is 11.9. The summed E-state index contributed by atoms with van der Waals surface area (Å²) in [5.74, 6) is 0.948. The normalized spacial score (nSPS) is 17.4. The SMILES string of the molecule is COC(=O)C1(NC(=O)CC(C)=C=O)CCCCC1. The number of rotatable bonds is 4. The molecule has 0 heterocycles. The summed E-state index contributed by atoms with van der Waals surface area (Å²) >= 11 is 0. The van der Waals surface area contributed by atoms with Crippen LogP contribution in [0.2, 0.25) is 0 Å². The van der Waals surface area contributed by atoms with E-state index in [9.17, 15) is 14.4 Å². The molecule has 1 fully saturated rings. The van der Waals surface area contributed by atoms with Gasteiger partial charge in [-0.1, -0.05) is 19.3 Å². The molecular weight excluding hydrogens is 234 g/mol. The van der Waals surface area contributed by atoms with Crippen LogP contribution >= 0.6 is 0 Å². The Morgan fingerprint density at radius 3 is 2.39 bits per heavy atom. The molecule has 0 saturated heterocycles. The Hall–Kier alpha value is -1.61. The Labute approximate surface area is 107 Å². The highest BCUT2D eigenvalue weighted by Gasteiger charge is 2.41. The van der Waals surface area contributed by atoms with Crippen LogP contribution in [0, 0.1) is 0 Å². The number of nitrogens with one attached hydrogen (secondary N) is 1. The summed E-state index contributed by atoms with van der Waals surface area (Å²) in [5, 5.41) is 2.74. The van der Waals surface area contributed by atoms with Crippen molar-refractivity contribution in [1.29, 1.82) is 0 Å². The van der Waals surface area contributed by atoms with Crippen molar-refractivity contribution in [3.63, 3.8) is 0 Å². The van der Waals surface area contributed by atoms with Crippen LogP contribution < -0.4 is 5.32 Å². The topological polar surface area (TPSA) is 72.5 Å². The molecule has 0 aliphatic heterocycles. The molecule has 0 bridgehead atoms. The summed E-state index contributed by atoms with van der Waals surface area (Å²) in [6, 6.07) is 0. The van der Waals surface area contributed by atoms with Crippen LogP contribution in [0.15, 0.2) is 5.57 Å². The van der Waals surface area contributed by atoms with Crippen LogP contribution in [0.1, 0.15) is 45.4 Å². The molecule has 1 N–H and O–H groups in total. The second kappa shape index (κ2) is 6.36. The van der Waals surface area contributed by atoms with E-state index in [4.69, 9.17) is 4.74 Å². The maximum Gasteiger partial charge on any atom is 0.331 e. The van der Waals surface area contributed by atoms with Gasteiger partial charge in [0.15, 0.2) is 0 Å². The van der Waals surface area contributed by atoms with Gasteiger partial charge in [0.2, 0.25) is 5.91 Å². The van der Waals surface area contributed by atoms with Gasteiger partial charge in [-0.25, -0.2) is 9.59 Å². The van der Waals surface area contributed by atoms with Gasteiger partial charge in [0.1, 0.15) is 11.5 Å². The van der Waals surface area contributed by atoms with Gasteiger partial charge >= 0.3 is 5.97 Å². The molecular formula is C13H19NO4. The van der Waals surface area contributed by atoms with Gasteiger partial charge in [-0.05, 0) is 19.8 Å². The van der Waals surface area contributed by atoms with Crippen LogP contribution in [0.3, 0.4) is 0 Å². The van der Waals surface area contributed by atoms with Crippen molar-refractivity contribution in [3.8, 4) is 0 Å². The zero-order valence-electron chi connectivity index (χ0n) is 10.9. The predicted molar refractivity (Wildman–Crippen MR) is 65.5 cm³/mol. The molecule has 0 spiro atoms. The summed E-state index contributed by atoms with van der Waals surface area (Å²) in [7, 11) is 1.32. The lowest BCUT2D eigenvalue weighted by Gasteiger charge is -2.35. The zero-order chi connectivity index (χ0) is 13.6. The first-order valence-corrected chi connectivity index (χ1v) is 6.14. The Morgan fingerprint density at radius 1 is 1.28 bits per heavy atom. The molecule has 0 aromatic heterocycles. The minimum Gasteiger partial charge on any atom is -0.467 e. The van der Waals surface area contributed by atoms with Crippen LogP contribution in [-0.4, -0.2) is 30.5 Å². The highest BCUT2D eigenvalue weighted by atomic mass is 16.5. The van der Waals surface area contributed by atoms with Gasteiger partial charge in [0.05, 0.1) is 13.5 Å². The first-order chi connectivity index (χ1) is 8.54. The van der Waals surface area contributed by atoms with Gasteiger partial charge < -0.3 is 10.1 Å². The largest absolute Gasteiger partial charge is 0.467 e. The van der Waals surface area contributed by atoms with Crippen molar-refractivity contribution in [2.24, 2.45) is 0 Å². The highest BCUT2D eigenvalue weighted by Crippen LogP contribution is 2.29. The molecule has 18 heavy (non-hydrogen) atoms.